The van der Waals surface area contributed by atoms with Crippen LogP contribution in [0.4, 0.5) is 22.8 Å². The summed E-state index contributed by atoms with van der Waals surface area (Å²) in [4.78, 5) is 26.9. The van der Waals surface area contributed by atoms with Gasteiger partial charge in [-0.1, -0.05) is 52.3 Å². The van der Waals surface area contributed by atoms with Crippen molar-refractivity contribution in [2.75, 3.05) is 39.3 Å². The van der Waals surface area contributed by atoms with E-state index in [1.807, 2.05) is 41.5 Å². The zero-order valence-corrected chi connectivity index (χ0v) is 40.7. The Balaban J connectivity index is 0.000000427. The Morgan fingerprint density at radius 2 is 0.951 bits per heavy atom. The van der Waals surface area contributed by atoms with Gasteiger partial charge in [0.1, 0.15) is 28.7 Å². The van der Waals surface area contributed by atoms with Crippen LogP contribution in [0.5, 0.6) is 0 Å². The van der Waals surface area contributed by atoms with Gasteiger partial charge in [0.05, 0.1) is 31.5 Å². The van der Waals surface area contributed by atoms with Gasteiger partial charge in [-0.2, -0.15) is 0 Å². The molecule has 6 rings (SSSR count). The molecule has 0 saturated carbocycles. The third-order valence-electron chi connectivity index (χ3n) is 9.36. The van der Waals surface area contributed by atoms with E-state index in [2.05, 4.69) is 21.2 Å². The van der Waals surface area contributed by atoms with E-state index in [1.165, 1.54) is 36.4 Å². The summed E-state index contributed by atoms with van der Waals surface area (Å²) in [6, 6.07) is 19.2. The Hall–Kier alpha value is -2.69. The van der Waals surface area contributed by atoms with Crippen molar-refractivity contribution in [2.45, 2.75) is 128 Å². The number of aliphatic hydroxyl groups excluding tert-OH is 1. The van der Waals surface area contributed by atoms with Crippen molar-refractivity contribution in [3.8, 4) is 0 Å². The summed E-state index contributed by atoms with van der Waals surface area (Å²) >= 11 is 3.26. The van der Waals surface area contributed by atoms with Crippen LogP contribution in [0.2, 0.25) is 0 Å². The topological polar surface area (TPSA) is 110 Å². The maximum Gasteiger partial charge on any atom is 1.00 e. The molecular weight excluding hydrogens is 866 g/mol. The summed E-state index contributed by atoms with van der Waals surface area (Å²) in [6.45, 7) is 16.7. The summed E-state index contributed by atoms with van der Waals surface area (Å²) in [5, 5.41) is 13.3. The van der Waals surface area contributed by atoms with Crippen LogP contribution in [0.25, 0.3) is 0 Å². The molecule has 0 radical (unpaired) electrons. The van der Waals surface area contributed by atoms with Gasteiger partial charge in [0.15, 0.2) is 0 Å². The maximum absolute atomic E-state index is 12.8. The van der Waals surface area contributed by atoms with E-state index in [4.69, 9.17) is 18.9 Å². The molecule has 10 nitrogen and oxygen atoms in total. The normalized spacial score (nSPS) is 16.3. The van der Waals surface area contributed by atoms with Gasteiger partial charge in [-0.15, -0.1) is 0 Å². The number of ether oxygens (including phenoxy) is 4. The number of benzene rings is 3. The zero-order valence-electron chi connectivity index (χ0n) is 38.1. The molecular formula is C46H66BrF3N3NaO7. The van der Waals surface area contributed by atoms with E-state index in [0.717, 1.165) is 60.8 Å². The van der Waals surface area contributed by atoms with E-state index < -0.39 is 11.2 Å². The van der Waals surface area contributed by atoms with Crippen LogP contribution in [-0.2, 0) is 37.5 Å². The Labute approximate surface area is 393 Å². The van der Waals surface area contributed by atoms with E-state index in [1.54, 1.807) is 46.2 Å². The van der Waals surface area contributed by atoms with Crippen molar-refractivity contribution in [2.24, 2.45) is 0 Å². The Kier molecular flexibility index (Phi) is 25.1. The number of hydrogen-bond donors (Lipinski definition) is 2. The molecule has 2 amide bonds. The minimum atomic E-state index is -0.465. The third kappa shape index (κ3) is 24.1. The quantitative estimate of drug-likeness (QED) is 0.192. The third-order valence-corrected chi connectivity index (χ3v) is 10.0. The summed E-state index contributed by atoms with van der Waals surface area (Å²) in [5.74, 6) is -0.616. The first-order valence-electron chi connectivity index (χ1n) is 20.8. The minimum Gasteiger partial charge on any atom is -1.00 e. The van der Waals surface area contributed by atoms with Crippen molar-refractivity contribution in [1.29, 1.82) is 0 Å². The van der Waals surface area contributed by atoms with E-state index in [-0.39, 0.29) is 72.8 Å². The first kappa shape index (κ1) is 54.4. The predicted molar refractivity (Wildman–Crippen MR) is 232 cm³/mol. The Morgan fingerprint density at radius 1 is 0.623 bits per heavy atom. The van der Waals surface area contributed by atoms with E-state index in [9.17, 15) is 27.9 Å². The number of nitrogens with zero attached hydrogens (tertiary/aromatic N) is 2. The van der Waals surface area contributed by atoms with Crippen LogP contribution in [-0.4, -0.2) is 95.9 Å². The van der Waals surface area contributed by atoms with E-state index in [0.29, 0.717) is 58.3 Å². The summed E-state index contributed by atoms with van der Waals surface area (Å²) in [5.41, 5.74) is 2.18. The molecule has 0 bridgehead atoms. The van der Waals surface area contributed by atoms with Gasteiger partial charge in [-0.3, -0.25) is 0 Å². The number of carbonyl (C=O) groups excluding carboxylic acids is 2. The van der Waals surface area contributed by atoms with Gasteiger partial charge >= 0.3 is 41.7 Å². The van der Waals surface area contributed by atoms with Gasteiger partial charge in [0.2, 0.25) is 0 Å². The second kappa shape index (κ2) is 28.2. The zero-order chi connectivity index (χ0) is 44.1. The van der Waals surface area contributed by atoms with Crippen molar-refractivity contribution >= 4 is 28.1 Å². The number of piperidine rings is 3. The molecule has 15 heteroatoms. The summed E-state index contributed by atoms with van der Waals surface area (Å²) in [6.07, 6.45) is 4.73. The molecule has 0 atom stereocenters. The van der Waals surface area contributed by atoms with Gasteiger partial charge in [0.25, 0.3) is 0 Å². The fourth-order valence-corrected chi connectivity index (χ4v) is 6.41. The molecule has 0 aliphatic carbocycles. The van der Waals surface area contributed by atoms with Gasteiger partial charge in [0, 0.05) is 31.5 Å². The maximum atomic E-state index is 12.8. The largest absolute Gasteiger partial charge is 1.00 e. The van der Waals surface area contributed by atoms with Crippen LogP contribution < -0.4 is 34.9 Å². The second-order valence-electron chi connectivity index (χ2n) is 16.9. The molecule has 3 saturated heterocycles. The van der Waals surface area contributed by atoms with Gasteiger partial charge < -0.3 is 40.6 Å². The first-order chi connectivity index (χ1) is 28.4. The fraction of sp³-hybridized carbons (Fsp3) is 0.565. The SMILES string of the molecule is CC(C)(C)OC(=O)N1CCC(O)CC1.CC(C)(C)OC(=O)N1CCC(OCc2ccc(F)cc2)CC1.Fc1ccc(CBr)cc1.Fc1ccc(COC2CCNCC2)cc1.[H-].[Na+]. The van der Waals surface area contributed by atoms with Crippen molar-refractivity contribution in [1.82, 2.24) is 15.1 Å². The summed E-state index contributed by atoms with van der Waals surface area (Å²) < 4.78 is 59.8. The first-order valence-corrected chi connectivity index (χ1v) is 21.9. The number of amides is 2. The molecule has 61 heavy (non-hydrogen) atoms. The van der Waals surface area contributed by atoms with Crippen molar-refractivity contribution in [3.63, 3.8) is 0 Å². The average molecular weight is 933 g/mol. The monoisotopic (exact) mass is 931 g/mol. The number of carbonyl (C=O) groups is 2. The molecule has 2 N–H and O–H groups in total. The van der Waals surface area contributed by atoms with Gasteiger partial charge in [-0.05, 0) is 146 Å². The fourth-order valence-electron chi connectivity index (χ4n) is 6.03. The number of hydrogen-bond acceptors (Lipinski definition) is 8. The van der Waals surface area contributed by atoms with Crippen LogP contribution in [0.15, 0.2) is 72.8 Å². The number of alkyl halides is 1. The number of rotatable bonds is 7. The average Bonchev–Trinajstić information content (AvgIpc) is 3.21. The van der Waals surface area contributed by atoms with Crippen molar-refractivity contribution in [3.05, 3.63) is 107 Å². The van der Waals surface area contributed by atoms with Crippen molar-refractivity contribution < 1.29 is 77.8 Å². The Bertz CT molecular complexity index is 1670. The standard InChI is InChI=1S/C17H24FNO3.C12H16FNO.C10H19NO3.C7H6BrF.Na.H/c1-17(2,3)22-16(20)19-10-8-15(9-11-19)21-12-13-4-6-14(18)7-5-13;13-11-3-1-10(2-4-11)9-15-12-5-7-14-8-6-12;1-10(2,3)14-9(13)11-6-4-8(12)5-7-11;8-5-6-1-3-7(9)4-2-6;;/h4-7,15H,8-12H2,1-3H3;1-4,12,14H,5-9H2;8,12H,4-7H2,1-3H3;1-4H,5H2;;/q;;;;+1;-1. The minimum absolute atomic E-state index is 0. The molecule has 336 valence electrons. The molecule has 0 spiro atoms. The summed E-state index contributed by atoms with van der Waals surface area (Å²) in [7, 11) is 0. The molecule has 3 aromatic carbocycles. The number of halogens is 4. The number of likely N-dealkylation sites (tertiary alicyclic amines) is 2. The molecule has 3 aliphatic heterocycles. The molecule has 0 aromatic heterocycles. The second-order valence-corrected chi connectivity index (χ2v) is 17.5. The molecule has 3 fully saturated rings. The smallest absolute Gasteiger partial charge is 1.00 e. The molecule has 3 aliphatic rings. The van der Waals surface area contributed by atoms with Gasteiger partial charge in [-0.25, -0.2) is 22.8 Å². The van der Waals surface area contributed by atoms with Crippen LogP contribution >= 0.6 is 15.9 Å². The number of nitrogens with one attached hydrogen (secondary N) is 1. The Morgan fingerprint density at radius 3 is 1.30 bits per heavy atom. The number of aliphatic hydroxyl groups is 1. The molecule has 3 aromatic rings. The van der Waals surface area contributed by atoms with Crippen LogP contribution in [0, 0.1) is 17.5 Å². The van der Waals surface area contributed by atoms with Crippen LogP contribution in [0.3, 0.4) is 0 Å². The molecule has 0 unspecified atom stereocenters. The predicted octanol–water partition coefficient (Wildman–Crippen LogP) is 7.05. The van der Waals surface area contributed by atoms with E-state index >= 15 is 0 Å². The van der Waals surface area contributed by atoms with Crippen LogP contribution in [0.1, 0.15) is 98.2 Å². The molecule has 3 heterocycles.